The summed E-state index contributed by atoms with van der Waals surface area (Å²) in [5.41, 5.74) is 0.279. The molecule has 0 atom stereocenters. The minimum absolute atomic E-state index is 0.279. The van der Waals surface area contributed by atoms with Gasteiger partial charge in [0.05, 0.1) is 6.61 Å². The molecule has 0 aliphatic rings. The monoisotopic (exact) mass is 222 g/mol. The second-order valence-corrected chi connectivity index (χ2v) is 4.65. The van der Waals surface area contributed by atoms with Crippen molar-refractivity contribution in [3.05, 3.63) is 18.3 Å². The molecule has 0 spiro atoms. The lowest BCUT2D eigenvalue weighted by atomic mass is 9.90. The Morgan fingerprint density at radius 3 is 2.75 bits per heavy atom. The Kier molecular flexibility index (Phi) is 4.59. The van der Waals surface area contributed by atoms with Gasteiger partial charge >= 0.3 is 0 Å². The lowest BCUT2D eigenvalue weighted by Crippen LogP contribution is -2.22. The molecule has 0 bridgehead atoms. The highest BCUT2D eigenvalue weighted by Gasteiger charge is 2.15. The maximum absolute atomic E-state index is 5.51. The van der Waals surface area contributed by atoms with Crippen LogP contribution >= 0.6 is 0 Å². The van der Waals surface area contributed by atoms with Gasteiger partial charge in [0.15, 0.2) is 11.6 Å². The fourth-order valence-corrected chi connectivity index (χ4v) is 1.24. The number of hydrogen-bond donors (Lipinski definition) is 1. The van der Waals surface area contributed by atoms with Gasteiger partial charge in [0, 0.05) is 12.7 Å². The van der Waals surface area contributed by atoms with Crippen LogP contribution in [0.4, 0.5) is 5.82 Å². The summed E-state index contributed by atoms with van der Waals surface area (Å²) in [5.74, 6) is 1.67. The molecule has 3 heteroatoms. The van der Waals surface area contributed by atoms with E-state index in [-0.39, 0.29) is 5.41 Å². The van der Waals surface area contributed by atoms with Crippen LogP contribution in [0.15, 0.2) is 18.3 Å². The second-order valence-electron chi connectivity index (χ2n) is 4.65. The Morgan fingerprint density at radius 1 is 1.38 bits per heavy atom. The predicted octanol–water partition coefficient (Wildman–Crippen LogP) is 3.33. The van der Waals surface area contributed by atoms with E-state index < -0.39 is 0 Å². The van der Waals surface area contributed by atoms with Gasteiger partial charge in [-0.05, 0) is 30.9 Å². The SMILES string of the molecule is CCOc1cccnc1NCC(C)(C)CC. The number of pyridine rings is 1. The summed E-state index contributed by atoms with van der Waals surface area (Å²) in [5, 5.41) is 3.35. The topological polar surface area (TPSA) is 34.1 Å². The van der Waals surface area contributed by atoms with Crippen molar-refractivity contribution in [2.75, 3.05) is 18.5 Å². The third-order valence-corrected chi connectivity index (χ3v) is 2.76. The van der Waals surface area contributed by atoms with Gasteiger partial charge < -0.3 is 10.1 Å². The minimum atomic E-state index is 0.279. The number of ether oxygens (including phenoxy) is 1. The summed E-state index contributed by atoms with van der Waals surface area (Å²) in [4.78, 5) is 4.30. The van der Waals surface area contributed by atoms with E-state index in [2.05, 4.69) is 31.1 Å². The molecule has 1 rings (SSSR count). The number of nitrogens with one attached hydrogen (secondary N) is 1. The first-order chi connectivity index (χ1) is 7.59. The predicted molar refractivity (Wildman–Crippen MR) is 68.0 cm³/mol. The summed E-state index contributed by atoms with van der Waals surface area (Å²) in [6.45, 7) is 10.2. The van der Waals surface area contributed by atoms with E-state index in [4.69, 9.17) is 4.74 Å². The van der Waals surface area contributed by atoms with Gasteiger partial charge in [0.25, 0.3) is 0 Å². The molecule has 1 heterocycles. The molecule has 0 unspecified atom stereocenters. The number of nitrogens with zero attached hydrogens (tertiary/aromatic N) is 1. The molecule has 16 heavy (non-hydrogen) atoms. The zero-order chi connectivity index (χ0) is 12.0. The first kappa shape index (κ1) is 12.8. The van der Waals surface area contributed by atoms with Crippen LogP contribution in [0.1, 0.15) is 34.1 Å². The van der Waals surface area contributed by atoms with Crippen molar-refractivity contribution in [2.45, 2.75) is 34.1 Å². The summed E-state index contributed by atoms with van der Waals surface area (Å²) in [7, 11) is 0. The molecule has 3 nitrogen and oxygen atoms in total. The molecule has 0 amide bonds. The Labute approximate surface area is 98.2 Å². The Bertz CT molecular complexity index is 323. The van der Waals surface area contributed by atoms with Crippen LogP contribution in [0.25, 0.3) is 0 Å². The van der Waals surface area contributed by atoms with Crippen LogP contribution in [0.2, 0.25) is 0 Å². The molecular weight excluding hydrogens is 200 g/mol. The summed E-state index contributed by atoms with van der Waals surface area (Å²) >= 11 is 0. The first-order valence-electron chi connectivity index (χ1n) is 5.90. The first-order valence-corrected chi connectivity index (χ1v) is 5.90. The fraction of sp³-hybridized carbons (Fsp3) is 0.615. The maximum Gasteiger partial charge on any atom is 0.168 e. The van der Waals surface area contributed by atoms with Crippen LogP contribution < -0.4 is 10.1 Å². The van der Waals surface area contributed by atoms with Crippen LogP contribution in [0, 0.1) is 5.41 Å². The quantitative estimate of drug-likeness (QED) is 0.801. The van der Waals surface area contributed by atoms with E-state index in [1.54, 1.807) is 6.20 Å². The molecule has 1 aromatic rings. The number of aromatic nitrogens is 1. The third-order valence-electron chi connectivity index (χ3n) is 2.76. The lowest BCUT2D eigenvalue weighted by molar-refractivity contribution is 0.338. The molecule has 0 fully saturated rings. The van der Waals surface area contributed by atoms with Crippen LogP contribution in [-0.2, 0) is 0 Å². The van der Waals surface area contributed by atoms with Crippen molar-refractivity contribution in [3.63, 3.8) is 0 Å². The largest absolute Gasteiger partial charge is 0.490 e. The maximum atomic E-state index is 5.51. The van der Waals surface area contributed by atoms with Crippen molar-refractivity contribution in [1.29, 1.82) is 0 Å². The van der Waals surface area contributed by atoms with Gasteiger partial charge in [-0.1, -0.05) is 20.8 Å². The van der Waals surface area contributed by atoms with Crippen molar-refractivity contribution in [1.82, 2.24) is 4.98 Å². The van der Waals surface area contributed by atoms with E-state index in [9.17, 15) is 0 Å². The zero-order valence-electron chi connectivity index (χ0n) is 10.7. The highest BCUT2D eigenvalue weighted by atomic mass is 16.5. The highest BCUT2D eigenvalue weighted by Crippen LogP contribution is 2.24. The van der Waals surface area contributed by atoms with Gasteiger partial charge in [0.1, 0.15) is 0 Å². The fourth-order valence-electron chi connectivity index (χ4n) is 1.24. The van der Waals surface area contributed by atoms with Crippen LogP contribution in [0.3, 0.4) is 0 Å². The standard InChI is InChI=1S/C13H22N2O/c1-5-13(3,4)10-15-12-11(16-6-2)8-7-9-14-12/h7-9H,5-6,10H2,1-4H3,(H,14,15). The Balaban J connectivity index is 2.66. The minimum Gasteiger partial charge on any atom is -0.490 e. The summed E-state index contributed by atoms with van der Waals surface area (Å²) in [6, 6.07) is 3.83. The molecule has 1 aromatic heterocycles. The van der Waals surface area contributed by atoms with Gasteiger partial charge in [0.2, 0.25) is 0 Å². The van der Waals surface area contributed by atoms with Gasteiger partial charge in [-0.15, -0.1) is 0 Å². The second kappa shape index (κ2) is 5.73. The van der Waals surface area contributed by atoms with Crippen molar-refractivity contribution < 1.29 is 4.74 Å². The van der Waals surface area contributed by atoms with E-state index in [0.29, 0.717) is 6.61 Å². The van der Waals surface area contributed by atoms with E-state index in [0.717, 1.165) is 24.5 Å². The average molecular weight is 222 g/mol. The molecule has 1 N–H and O–H groups in total. The smallest absolute Gasteiger partial charge is 0.168 e. The number of anilines is 1. The molecule has 0 aliphatic heterocycles. The van der Waals surface area contributed by atoms with Crippen LogP contribution in [-0.4, -0.2) is 18.1 Å². The van der Waals surface area contributed by atoms with E-state index >= 15 is 0 Å². The van der Waals surface area contributed by atoms with Gasteiger partial charge in [-0.3, -0.25) is 0 Å². The van der Waals surface area contributed by atoms with E-state index in [1.165, 1.54) is 0 Å². The lowest BCUT2D eigenvalue weighted by Gasteiger charge is -2.23. The Morgan fingerprint density at radius 2 is 2.12 bits per heavy atom. The summed E-state index contributed by atoms with van der Waals surface area (Å²) < 4.78 is 5.51. The van der Waals surface area contributed by atoms with Gasteiger partial charge in [-0.25, -0.2) is 4.98 Å². The van der Waals surface area contributed by atoms with Gasteiger partial charge in [-0.2, -0.15) is 0 Å². The molecule has 0 saturated carbocycles. The van der Waals surface area contributed by atoms with Crippen molar-refractivity contribution in [3.8, 4) is 5.75 Å². The molecule has 0 radical (unpaired) electrons. The highest BCUT2D eigenvalue weighted by molar-refractivity contribution is 5.49. The normalized spacial score (nSPS) is 11.2. The van der Waals surface area contributed by atoms with E-state index in [1.807, 2.05) is 19.1 Å². The third kappa shape index (κ3) is 3.72. The summed E-state index contributed by atoms with van der Waals surface area (Å²) in [6.07, 6.45) is 2.92. The molecule has 0 aliphatic carbocycles. The van der Waals surface area contributed by atoms with Crippen molar-refractivity contribution >= 4 is 5.82 Å². The van der Waals surface area contributed by atoms with Crippen LogP contribution in [0.5, 0.6) is 5.75 Å². The van der Waals surface area contributed by atoms with Crippen molar-refractivity contribution in [2.24, 2.45) is 5.41 Å². The zero-order valence-corrected chi connectivity index (χ0v) is 10.7. The molecule has 0 saturated heterocycles. The average Bonchev–Trinajstić information content (AvgIpc) is 2.28. The molecule has 0 aromatic carbocycles. The molecular formula is C13H22N2O. The number of rotatable bonds is 6. The number of hydrogen-bond acceptors (Lipinski definition) is 3. The Hall–Kier alpha value is -1.25. The molecule has 90 valence electrons.